The number of nitrogens with one attached hydrogen (secondary N) is 2. The molecular formula is C30H34F5N5O6S. The molecule has 3 amide bonds. The monoisotopic (exact) mass is 687 g/mol. The summed E-state index contributed by atoms with van der Waals surface area (Å²) in [5, 5.41) is 5.16. The molecule has 1 aliphatic rings. The number of sulfonamides is 1. The maximum Gasteiger partial charge on any atom is 0.573 e. The number of alkyl halides is 5. The number of amides is 3. The molecule has 0 radical (unpaired) electrons. The zero-order valence-corrected chi connectivity index (χ0v) is 26.2. The number of carbonyl (C=O) groups is 2. The van der Waals surface area contributed by atoms with Crippen LogP contribution in [0.1, 0.15) is 24.5 Å². The van der Waals surface area contributed by atoms with Crippen molar-refractivity contribution in [2.24, 2.45) is 5.73 Å². The Morgan fingerprint density at radius 1 is 1.06 bits per heavy atom. The lowest BCUT2D eigenvalue weighted by Crippen LogP contribution is -2.62. The highest BCUT2D eigenvalue weighted by molar-refractivity contribution is 7.89. The van der Waals surface area contributed by atoms with Crippen LogP contribution in [0.15, 0.2) is 89.8 Å². The molecule has 2 aromatic rings. The molecule has 0 aliphatic carbocycles. The van der Waals surface area contributed by atoms with Gasteiger partial charge in [0, 0.05) is 49.9 Å². The van der Waals surface area contributed by atoms with Crippen LogP contribution in [0, 0.1) is 0 Å². The minimum atomic E-state index is -5.00. The number of rotatable bonds is 12. The number of ether oxygens (including phenoxy) is 2. The van der Waals surface area contributed by atoms with Crippen LogP contribution in [-0.4, -0.2) is 68.7 Å². The minimum absolute atomic E-state index is 0.163. The van der Waals surface area contributed by atoms with Crippen LogP contribution >= 0.6 is 0 Å². The number of piperazine rings is 1. The van der Waals surface area contributed by atoms with Gasteiger partial charge < -0.3 is 30.7 Å². The van der Waals surface area contributed by atoms with Gasteiger partial charge in [0.2, 0.25) is 15.9 Å². The van der Waals surface area contributed by atoms with Gasteiger partial charge in [0.1, 0.15) is 17.6 Å². The smallest absolute Gasteiger partial charge is 0.497 e. The molecule has 17 heteroatoms. The van der Waals surface area contributed by atoms with Gasteiger partial charge in [-0.3, -0.25) is 4.79 Å². The Morgan fingerprint density at radius 2 is 1.70 bits per heavy atom. The quantitative estimate of drug-likeness (QED) is 0.172. The van der Waals surface area contributed by atoms with Crippen LogP contribution in [-0.2, 0) is 32.0 Å². The second-order valence-corrected chi connectivity index (χ2v) is 12.0. The van der Waals surface area contributed by atoms with Crippen molar-refractivity contribution in [3.63, 3.8) is 0 Å². The average Bonchev–Trinajstić information content (AvgIpc) is 3.03. The Bertz CT molecular complexity index is 1600. The van der Waals surface area contributed by atoms with Gasteiger partial charge in [-0.1, -0.05) is 37.8 Å². The highest BCUT2D eigenvalue weighted by Crippen LogP contribution is 2.31. The predicted octanol–water partition coefficient (Wildman–Crippen LogP) is 4.30. The number of hydrogen-bond acceptors (Lipinski definition) is 7. The number of allylic oxidation sites excluding steroid dienone is 2. The first-order valence-electron chi connectivity index (χ1n) is 14.0. The van der Waals surface area contributed by atoms with Crippen molar-refractivity contribution >= 4 is 22.0 Å². The van der Waals surface area contributed by atoms with E-state index in [9.17, 15) is 40.0 Å². The number of nitrogens with two attached hydrogens (primary N) is 1. The molecule has 2 aromatic carbocycles. The van der Waals surface area contributed by atoms with Crippen molar-refractivity contribution in [1.29, 1.82) is 0 Å². The second-order valence-electron chi connectivity index (χ2n) is 10.1. The maximum atomic E-state index is 14.0. The molecule has 1 heterocycles. The fourth-order valence-electron chi connectivity index (χ4n) is 4.44. The third kappa shape index (κ3) is 9.92. The van der Waals surface area contributed by atoms with Crippen molar-refractivity contribution in [3.05, 3.63) is 96.0 Å². The van der Waals surface area contributed by atoms with Crippen LogP contribution in [0.25, 0.3) is 0 Å². The van der Waals surface area contributed by atoms with Gasteiger partial charge in [0.25, 0.3) is 5.92 Å². The average molecular weight is 688 g/mol. The van der Waals surface area contributed by atoms with E-state index in [2.05, 4.69) is 21.9 Å². The molecule has 1 saturated heterocycles. The van der Waals surface area contributed by atoms with E-state index < -0.39 is 63.9 Å². The third-order valence-corrected chi connectivity index (χ3v) is 8.90. The Hall–Kier alpha value is -4.64. The summed E-state index contributed by atoms with van der Waals surface area (Å²) in [6, 6.07) is 6.45. The predicted molar refractivity (Wildman–Crippen MR) is 161 cm³/mol. The van der Waals surface area contributed by atoms with Gasteiger partial charge in [-0.25, -0.2) is 22.0 Å². The molecule has 3 rings (SSSR count). The topological polar surface area (TPSA) is 143 Å². The van der Waals surface area contributed by atoms with E-state index in [1.807, 2.05) is 0 Å². The van der Waals surface area contributed by atoms with Gasteiger partial charge >= 0.3 is 12.4 Å². The molecule has 4 N–H and O–H groups in total. The lowest BCUT2D eigenvalue weighted by atomic mass is 10.0. The van der Waals surface area contributed by atoms with Crippen molar-refractivity contribution in [2.75, 3.05) is 26.7 Å². The lowest BCUT2D eigenvalue weighted by Gasteiger charge is -2.39. The summed E-state index contributed by atoms with van der Waals surface area (Å²) in [5.41, 5.74) is 5.87. The summed E-state index contributed by atoms with van der Waals surface area (Å²) >= 11 is 0. The molecular weight excluding hydrogens is 653 g/mol. The summed E-state index contributed by atoms with van der Waals surface area (Å²) < 4.78 is 103. The van der Waals surface area contributed by atoms with E-state index in [1.54, 1.807) is 0 Å². The van der Waals surface area contributed by atoms with Crippen LogP contribution in [0.4, 0.5) is 26.7 Å². The molecule has 1 fully saturated rings. The fraction of sp³-hybridized carbons (Fsp3) is 0.333. The van der Waals surface area contributed by atoms with Gasteiger partial charge in [-0.05, 0) is 42.1 Å². The van der Waals surface area contributed by atoms with Crippen LogP contribution in [0.5, 0.6) is 5.75 Å². The van der Waals surface area contributed by atoms with Crippen LogP contribution in [0.3, 0.4) is 0 Å². The Balaban J connectivity index is 1.87. The summed E-state index contributed by atoms with van der Waals surface area (Å²) in [6.45, 7) is 3.84. The normalized spacial score (nSPS) is 16.5. The zero-order chi connectivity index (χ0) is 35.0. The van der Waals surface area contributed by atoms with Crippen molar-refractivity contribution < 1.29 is 49.4 Å². The second kappa shape index (κ2) is 15.3. The van der Waals surface area contributed by atoms with Gasteiger partial charge in [0.05, 0.1) is 12.0 Å². The Labute approximate surface area is 268 Å². The van der Waals surface area contributed by atoms with Crippen molar-refractivity contribution in [1.82, 2.24) is 19.8 Å². The van der Waals surface area contributed by atoms with E-state index in [1.165, 1.54) is 55.4 Å². The van der Waals surface area contributed by atoms with Crippen LogP contribution in [0.2, 0.25) is 0 Å². The molecule has 0 spiro atoms. The van der Waals surface area contributed by atoms with E-state index in [-0.39, 0.29) is 36.7 Å². The maximum absolute atomic E-state index is 14.0. The standard InChI is InChI=1S/C30H34F5N5O6S/c1-4-29(31,32)22-7-5-21(6-8-22)18-37-27(41)26-19-39(28(42)38-23(13-14-36)17-20(2)45-3)15-16-40(26)47(43,44)25-11-9-24(10-12-25)46-30(33,34)35/h5-14,17,26H,2,4,15-16,18-19,36H2,1,3H3,(H,37,41)(H,38,42)/b14-13-,23-17+/t26-/m1/s1. The Morgan fingerprint density at radius 3 is 2.26 bits per heavy atom. The summed E-state index contributed by atoms with van der Waals surface area (Å²) in [6.07, 6.45) is -1.53. The van der Waals surface area contributed by atoms with Gasteiger partial charge in [-0.2, -0.15) is 4.31 Å². The minimum Gasteiger partial charge on any atom is -0.497 e. The van der Waals surface area contributed by atoms with E-state index in [0.29, 0.717) is 5.56 Å². The van der Waals surface area contributed by atoms with Crippen molar-refractivity contribution in [3.8, 4) is 5.75 Å². The molecule has 0 aromatic heterocycles. The number of nitrogens with zero attached hydrogens (tertiary/aromatic N) is 2. The Kier molecular flexibility index (Phi) is 12.0. The highest BCUT2D eigenvalue weighted by Gasteiger charge is 2.41. The molecule has 256 valence electrons. The number of benzene rings is 2. The van der Waals surface area contributed by atoms with Crippen molar-refractivity contribution in [2.45, 2.75) is 43.1 Å². The highest BCUT2D eigenvalue weighted by atomic mass is 32.2. The lowest BCUT2D eigenvalue weighted by molar-refractivity contribution is -0.274. The molecule has 1 atom stereocenters. The first kappa shape index (κ1) is 36.8. The summed E-state index contributed by atoms with van der Waals surface area (Å²) in [7, 11) is -3.14. The molecule has 0 unspecified atom stereocenters. The molecule has 0 saturated carbocycles. The van der Waals surface area contributed by atoms with Gasteiger partial charge in [-0.15, -0.1) is 13.2 Å². The summed E-state index contributed by atoms with van der Waals surface area (Å²) in [4.78, 5) is 27.5. The number of methoxy groups -OCH3 is 1. The fourth-order valence-corrected chi connectivity index (χ4v) is 6.01. The molecule has 47 heavy (non-hydrogen) atoms. The number of halogens is 5. The molecule has 0 bridgehead atoms. The van der Waals surface area contributed by atoms with Crippen LogP contribution < -0.4 is 21.1 Å². The van der Waals surface area contributed by atoms with E-state index >= 15 is 0 Å². The number of hydrogen-bond donors (Lipinski definition) is 3. The first-order chi connectivity index (χ1) is 22.0. The first-order valence-corrected chi connectivity index (χ1v) is 15.5. The number of urea groups is 1. The molecule has 11 nitrogen and oxygen atoms in total. The molecule has 1 aliphatic heterocycles. The third-order valence-electron chi connectivity index (χ3n) is 6.98. The summed E-state index contributed by atoms with van der Waals surface area (Å²) in [5.74, 6) is -4.33. The van der Waals surface area contributed by atoms with E-state index in [0.717, 1.165) is 34.8 Å². The number of carbonyl (C=O) groups excluding carboxylic acids is 2. The van der Waals surface area contributed by atoms with E-state index in [4.69, 9.17) is 10.5 Å². The SMILES string of the molecule is C=C(/C=C(\C=C/N)NC(=O)N1CCN(S(=O)(=O)c2ccc(OC(F)(F)F)cc2)[C@@H](C(=O)NCc2ccc(C(F)(F)CC)cc2)C1)OC. The largest absolute Gasteiger partial charge is 0.573 e. The zero-order valence-electron chi connectivity index (χ0n) is 25.4. The van der Waals surface area contributed by atoms with Gasteiger partial charge in [0.15, 0.2) is 0 Å².